The first-order chi connectivity index (χ1) is 16.7. The van der Waals surface area contributed by atoms with Crippen molar-refractivity contribution in [3.05, 3.63) is 96.1 Å². The Labute approximate surface area is 199 Å². The highest BCUT2D eigenvalue weighted by molar-refractivity contribution is 5.94. The van der Waals surface area contributed by atoms with Crippen molar-refractivity contribution in [3.8, 4) is 22.4 Å². The molecule has 0 bridgehead atoms. The van der Waals surface area contributed by atoms with Crippen LogP contribution < -0.4 is 10.2 Å². The fourth-order valence-electron chi connectivity index (χ4n) is 5.12. The van der Waals surface area contributed by atoms with Crippen molar-refractivity contribution in [1.82, 2.24) is 10.2 Å². The predicted octanol–water partition coefficient (Wildman–Crippen LogP) is 5.57. The van der Waals surface area contributed by atoms with Crippen molar-refractivity contribution >= 4 is 17.4 Å². The van der Waals surface area contributed by atoms with Gasteiger partial charge in [0.25, 0.3) is 0 Å². The molecule has 0 radical (unpaired) electrons. The number of piperidine rings is 1. The first kappa shape index (κ1) is 20.6. The molecule has 4 aromatic rings. The molecule has 1 unspecified atom stereocenters. The van der Waals surface area contributed by atoms with E-state index in [2.05, 4.69) is 56.8 Å². The van der Waals surface area contributed by atoms with Crippen molar-refractivity contribution in [2.24, 2.45) is 5.92 Å². The molecule has 1 aromatic heterocycles. The Kier molecular flexibility index (Phi) is 5.30. The number of benzene rings is 3. The standard InChI is InChI=1S/C29H26N4O/c34-29(30-24-12-13-26-23(18-24)17-21-9-4-5-11-25(21)26)22-10-6-16-33(19-22)28-15-14-27(31-32-28)20-7-2-1-3-8-20/h1-5,7-9,11-15,18,22H,6,10,16-17,19H2,(H,30,34). The quantitative estimate of drug-likeness (QED) is 0.392. The van der Waals surface area contributed by atoms with E-state index in [1.54, 1.807) is 0 Å². The van der Waals surface area contributed by atoms with Crippen LogP contribution in [0.2, 0.25) is 0 Å². The van der Waals surface area contributed by atoms with E-state index in [1.165, 1.54) is 22.3 Å². The summed E-state index contributed by atoms with van der Waals surface area (Å²) in [4.78, 5) is 15.3. The van der Waals surface area contributed by atoms with Gasteiger partial charge in [-0.15, -0.1) is 10.2 Å². The van der Waals surface area contributed by atoms with Gasteiger partial charge in [-0.1, -0.05) is 60.7 Å². The Hall–Kier alpha value is -3.99. The third kappa shape index (κ3) is 3.94. The lowest BCUT2D eigenvalue weighted by Gasteiger charge is -2.32. The van der Waals surface area contributed by atoms with Crippen molar-refractivity contribution in [1.29, 1.82) is 0 Å². The lowest BCUT2D eigenvalue weighted by molar-refractivity contribution is -0.120. The van der Waals surface area contributed by atoms with E-state index < -0.39 is 0 Å². The van der Waals surface area contributed by atoms with Crippen LogP contribution in [0.15, 0.2) is 84.9 Å². The van der Waals surface area contributed by atoms with Gasteiger partial charge in [0.15, 0.2) is 5.82 Å². The van der Waals surface area contributed by atoms with Crippen LogP contribution in [-0.4, -0.2) is 29.2 Å². The minimum absolute atomic E-state index is 0.0743. The summed E-state index contributed by atoms with van der Waals surface area (Å²) < 4.78 is 0. The van der Waals surface area contributed by atoms with E-state index in [4.69, 9.17) is 0 Å². The highest BCUT2D eigenvalue weighted by atomic mass is 16.1. The Morgan fingerprint density at radius 2 is 1.68 bits per heavy atom. The number of carbonyl (C=O) groups excluding carboxylic acids is 1. The summed E-state index contributed by atoms with van der Waals surface area (Å²) >= 11 is 0. The number of fused-ring (bicyclic) bond motifs is 3. The molecule has 6 rings (SSSR count). The van der Waals surface area contributed by atoms with Crippen LogP contribution in [0.3, 0.4) is 0 Å². The van der Waals surface area contributed by atoms with Crippen LogP contribution in [0, 0.1) is 5.92 Å². The van der Waals surface area contributed by atoms with Crippen LogP contribution in [0.4, 0.5) is 11.5 Å². The lowest BCUT2D eigenvalue weighted by Crippen LogP contribution is -2.41. The zero-order valence-corrected chi connectivity index (χ0v) is 18.9. The second-order valence-corrected chi connectivity index (χ2v) is 9.12. The molecule has 1 saturated heterocycles. The minimum Gasteiger partial charge on any atom is -0.354 e. The molecule has 1 fully saturated rings. The second-order valence-electron chi connectivity index (χ2n) is 9.12. The van der Waals surface area contributed by atoms with E-state index >= 15 is 0 Å². The second kappa shape index (κ2) is 8.75. The topological polar surface area (TPSA) is 58.1 Å². The van der Waals surface area contributed by atoms with Gasteiger partial charge < -0.3 is 10.2 Å². The van der Waals surface area contributed by atoms with Gasteiger partial charge in [0, 0.05) is 24.3 Å². The number of hydrogen-bond acceptors (Lipinski definition) is 4. The number of anilines is 2. The SMILES string of the molecule is O=C(Nc1ccc2c(c1)Cc1ccccc1-2)C1CCCN(c2ccc(-c3ccccc3)nn2)C1. The number of nitrogens with one attached hydrogen (secondary N) is 1. The first-order valence-corrected chi connectivity index (χ1v) is 11.9. The van der Waals surface area contributed by atoms with Crippen molar-refractivity contribution in [2.45, 2.75) is 19.3 Å². The van der Waals surface area contributed by atoms with E-state index in [9.17, 15) is 4.79 Å². The number of amides is 1. The zero-order chi connectivity index (χ0) is 22.9. The average molecular weight is 447 g/mol. The van der Waals surface area contributed by atoms with Gasteiger partial charge in [-0.3, -0.25) is 4.79 Å². The maximum Gasteiger partial charge on any atom is 0.229 e. The molecule has 168 valence electrons. The molecular formula is C29H26N4O. The molecule has 1 aliphatic heterocycles. The van der Waals surface area contributed by atoms with Gasteiger partial charge in [-0.25, -0.2) is 0 Å². The first-order valence-electron chi connectivity index (χ1n) is 11.9. The summed E-state index contributed by atoms with van der Waals surface area (Å²) in [7, 11) is 0. The molecule has 3 aromatic carbocycles. The smallest absolute Gasteiger partial charge is 0.229 e. The van der Waals surface area contributed by atoms with E-state index in [1.807, 2.05) is 48.5 Å². The molecule has 1 N–H and O–H groups in total. The highest BCUT2D eigenvalue weighted by Crippen LogP contribution is 2.37. The summed E-state index contributed by atoms with van der Waals surface area (Å²) in [6.07, 6.45) is 2.76. The molecule has 1 aliphatic carbocycles. The Morgan fingerprint density at radius 1 is 0.853 bits per heavy atom. The maximum absolute atomic E-state index is 13.1. The van der Waals surface area contributed by atoms with Gasteiger partial charge in [0.2, 0.25) is 5.91 Å². The monoisotopic (exact) mass is 446 g/mol. The molecule has 0 spiro atoms. The summed E-state index contributed by atoms with van der Waals surface area (Å²) in [5.41, 5.74) is 7.99. The van der Waals surface area contributed by atoms with Gasteiger partial charge in [0.1, 0.15) is 0 Å². The molecule has 5 nitrogen and oxygen atoms in total. The van der Waals surface area contributed by atoms with Crippen LogP contribution in [0.1, 0.15) is 24.0 Å². The third-order valence-corrected chi connectivity index (χ3v) is 6.90. The Bertz CT molecular complexity index is 1330. The highest BCUT2D eigenvalue weighted by Gasteiger charge is 2.27. The molecule has 1 amide bonds. The van der Waals surface area contributed by atoms with E-state index in [-0.39, 0.29) is 11.8 Å². The fraction of sp³-hybridized carbons (Fsp3) is 0.207. The zero-order valence-electron chi connectivity index (χ0n) is 18.9. The number of hydrogen-bond donors (Lipinski definition) is 1. The molecule has 5 heteroatoms. The molecular weight excluding hydrogens is 420 g/mol. The lowest BCUT2D eigenvalue weighted by atomic mass is 9.96. The summed E-state index contributed by atoms with van der Waals surface area (Å²) in [5, 5.41) is 12.0. The van der Waals surface area contributed by atoms with Crippen molar-refractivity contribution < 1.29 is 4.79 Å². The molecule has 2 aliphatic rings. The van der Waals surface area contributed by atoms with Crippen LogP contribution in [0.5, 0.6) is 0 Å². The fourth-order valence-corrected chi connectivity index (χ4v) is 5.12. The van der Waals surface area contributed by atoms with Gasteiger partial charge in [0.05, 0.1) is 11.6 Å². The van der Waals surface area contributed by atoms with Gasteiger partial charge in [-0.05, 0) is 65.8 Å². The predicted molar refractivity (Wildman–Crippen MR) is 136 cm³/mol. The Morgan fingerprint density at radius 3 is 2.53 bits per heavy atom. The number of carbonyl (C=O) groups is 1. The molecule has 2 heterocycles. The number of nitrogens with zero attached hydrogens (tertiary/aromatic N) is 3. The van der Waals surface area contributed by atoms with Crippen LogP contribution >= 0.6 is 0 Å². The summed E-state index contributed by atoms with van der Waals surface area (Å²) in [5.74, 6) is 0.830. The van der Waals surface area contributed by atoms with Crippen LogP contribution in [-0.2, 0) is 11.2 Å². The van der Waals surface area contributed by atoms with E-state index in [0.717, 1.165) is 48.6 Å². The molecule has 1 atom stereocenters. The maximum atomic E-state index is 13.1. The van der Waals surface area contributed by atoms with Crippen LogP contribution in [0.25, 0.3) is 22.4 Å². The van der Waals surface area contributed by atoms with Crippen molar-refractivity contribution in [2.75, 3.05) is 23.3 Å². The van der Waals surface area contributed by atoms with Crippen molar-refractivity contribution in [3.63, 3.8) is 0 Å². The number of aromatic nitrogens is 2. The average Bonchev–Trinajstić information content (AvgIpc) is 3.27. The number of rotatable bonds is 4. The van der Waals surface area contributed by atoms with E-state index in [0.29, 0.717) is 6.54 Å². The van der Waals surface area contributed by atoms with Gasteiger partial charge >= 0.3 is 0 Å². The largest absolute Gasteiger partial charge is 0.354 e. The molecule has 34 heavy (non-hydrogen) atoms. The van der Waals surface area contributed by atoms with Gasteiger partial charge in [-0.2, -0.15) is 0 Å². The molecule has 0 saturated carbocycles. The summed E-state index contributed by atoms with van der Waals surface area (Å²) in [6, 6.07) is 28.9. The minimum atomic E-state index is -0.0743. The normalized spacial score (nSPS) is 16.6. The Balaban J connectivity index is 1.13. The summed E-state index contributed by atoms with van der Waals surface area (Å²) in [6.45, 7) is 1.54. The third-order valence-electron chi connectivity index (χ3n) is 6.90.